The first-order chi connectivity index (χ1) is 16.1. The van der Waals surface area contributed by atoms with E-state index >= 15 is 0 Å². The van der Waals surface area contributed by atoms with Crippen molar-refractivity contribution in [2.75, 3.05) is 18.0 Å². The Kier molecular flexibility index (Phi) is 8.59. The van der Waals surface area contributed by atoms with Crippen molar-refractivity contribution in [1.29, 1.82) is 0 Å². The van der Waals surface area contributed by atoms with E-state index in [1.165, 1.54) is 43.7 Å². The number of sulfonamides is 1. The van der Waals surface area contributed by atoms with E-state index in [0.717, 1.165) is 14.3 Å². The number of aryl methyl sites for hydroxylation is 1. The van der Waals surface area contributed by atoms with Crippen molar-refractivity contribution >= 4 is 67.0 Å². The van der Waals surface area contributed by atoms with E-state index < -0.39 is 22.5 Å². The van der Waals surface area contributed by atoms with Gasteiger partial charge in [0.2, 0.25) is 0 Å². The zero-order valence-corrected chi connectivity index (χ0v) is 22.0. The van der Waals surface area contributed by atoms with E-state index in [9.17, 15) is 13.2 Å². The van der Waals surface area contributed by atoms with Crippen LogP contribution in [-0.4, -0.2) is 34.2 Å². The molecule has 0 bridgehead atoms. The van der Waals surface area contributed by atoms with E-state index in [4.69, 9.17) is 27.9 Å². The lowest BCUT2D eigenvalue weighted by Crippen LogP contribution is -2.39. The SMILES string of the molecule is COc1ccc(Br)cc1/C=N\NC(=O)CN(c1cc(Cl)cc(Cl)c1)S(=O)(=O)c1ccc(C)cc1. The molecule has 0 spiro atoms. The highest BCUT2D eigenvalue weighted by atomic mass is 79.9. The van der Waals surface area contributed by atoms with Gasteiger partial charge in [-0.1, -0.05) is 56.8 Å². The molecule has 3 aromatic carbocycles. The van der Waals surface area contributed by atoms with Crippen LogP contribution in [0.4, 0.5) is 5.69 Å². The summed E-state index contributed by atoms with van der Waals surface area (Å²) in [5.41, 5.74) is 4.00. The lowest BCUT2D eigenvalue weighted by atomic mass is 10.2. The maximum Gasteiger partial charge on any atom is 0.264 e. The molecule has 0 saturated heterocycles. The fraction of sp³-hybridized carbons (Fsp3) is 0.130. The highest BCUT2D eigenvalue weighted by molar-refractivity contribution is 9.10. The number of benzene rings is 3. The first kappa shape index (κ1) is 26.0. The zero-order chi connectivity index (χ0) is 24.9. The fourth-order valence-corrected chi connectivity index (χ4v) is 5.28. The van der Waals surface area contributed by atoms with E-state index in [0.29, 0.717) is 11.3 Å². The second-order valence-electron chi connectivity index (χ2n) is 7.13. The summed E-state index contributed by atoms with van der Waals surface area (Å²) in [4.78, 5) is 12.7. The average Bonchev–Trinajstić information content (AvgIpc) is 2.77. The van der Waals surface area contributed by atoms with Crippen LogP contribution in [-0.2, 0) is 14.8 Å². The highest BCUT2D eigenvalue weighted by Gasteiger charge is 2.27. The van der Waals surface area contributed by atoms with Crippen LogP contribution in [0.2, 0.25) is 10.0 Å². The van der Waals surface area contributed by atoms with Crippen molar-refractivity contribution in [2.45, 2.75) is 11.8 Å². The monoisotopic (exact) mass is 583 g/mol. The molecule has 0 aromatic heterocycles. The zero-order valence-electron chi connectivity index (χ0n) is 18.1. The van der Waals surface area contributed by atoms with Gasteiger partial charge in [-0.2, -0.15) is 5.10 Å². The van der Waals surface area contributed by atoms with Gasteiger partial charge >= 0.3 is 0 Å². The number of hydrogen-bond acceptors (Lipinski definition) is 5. The Labute approximate surface area is 216 Å². The number of amides is 1. The summed E-state index contributed by atoms with van der Waals surface area (Å²) in [6.07, 6.45) is 1.40. The second kappa shape index (κ2) is 11.2. The Morgan fingerprint density at radius 3 is 2.35 bits per heavy atom. The number of rotatable bonds is 8. The highest BCUT2D eigenvalue weighted by Crippen LogP contribution is 2.29. The molecule has 34 heavy (non-hydrogen) atoms. The molecular formula is C23H20BrCl2N3O4S. The third kappa shape index (κ3) is 6.50. The summed E-state index contributed by atoms with van der Waals surface area (Å²) in [6.45, 7) is 1.29. The number of hydrazone groups is 1. The van der Waals surface area contributed by atoms with Crippen LogP contribution >= 0.6 is 39.1 Å². The van der Waals surface area contributed by atoms with Gasteiger partial charge in [-0.05, 0) is 55.5 Å². The van der Waals surface area contributed by atoms with Gasteiger partial charge in [-0.15, -0.1) is 0 Å². The predicted octanol–water partition coefficient (Wildman–Crippen LogP) is 5.42. The molecule has 0 radical (unpaired) electrons. The molecule has 0 unspecified atom stereocenters. The summed E-state index contributed by atoms with van der Waals surface area (Å²) >= 11 is 15.6. The van der Waals surface area contributed by atoms with Crippen LogP contribution in [0.1, 0.15) is 11.1 Å². The third-order valence-corrected chi connectivity index (χ3v) is 7.33. The largest absolute Gasteiger partial charge is 0.496 e. The fourth-order valence-electron chi connectivity index (χ4n) is 2.98. The standard InChI is InChI=1S/C23H20BrCl2N3O4S/c1-15-3-6-21(7-4-15)34(31,32)29(20-11-18(25)10-19(26)12-20)14-23(30)28-27-13-16-9-17(24)5-8-22(16)33-2/h3-13H,14H2,1-2H3,(H,28,30)/b27-13-. The molecule has 11 heteroatoms. The molecular weight excluding hydrogens is 565 g/mol. The number of carbonyl (C=O) groups excluding carboxylic acids is 1. The van der Waals surface area contributed by atoms with Gasteiger partial charge < -0.3 is 4.74 Å². The number of anilines is 1. The lowest BCUT2D eigenvalue weighted by molar-refractivity contribution is -0.119. The minimum Gasteiger partial charge on any atom is -0.496 e. The van der Waals surface area contributed by atoms with Crippen molar-refractivity contribution in [3.05, 3.63) is 86.3 Å². The molecule has 0 fully saturated rings. The van der Waals surface area contributed by atoms with Crippen molar-refractivity contribution in [1.82, 2.24) is 5.43 Å². The minimum atomic E-state index is -4.12. The molecule has 0 heterocycles. The molecule has 1 N–H and O–H groups in total. The Balaban J connectivity index is 1.89. The quantitative estimate of drug-likeness (QED) is 0.283. The minimum absolute atomic E-state index is 0.0179. The van der Waals surface area contributed by atoms with Crippen molar-refractivity contribution < 1.29 is 17.9 Å². The summed E-state index contributed by atoms with van der Waals surface area (Å²) in [7, 11) is -2.60. The molecule has 178 valence electrons. The number of methoxy groups -OCH3 is 1. The molecule has 0 aliphatic rings. The van der Waals surface area contributed by atoms with Gasteiger partial charge in [0, 0.05) is 20.1 Å². The molecule has 3 rings (SSSR count). The van der Waals surface area contributed by atoms with Gasteiger partial charge in [0.1, 0.15) is 12.3 Å². The summed E-state index contributed by atoms with van der Waals surface area (Å²) in [6, 6.07) is 15.9. The van der Waals surface area contributed by atoms with Gasteiger partial charge in [0.25, 0.3) is 15.9 Å². The van der Waals surface area contributed by atoms with Gasteiger partial charge in [0.05, 0.1) is 23.9 Å². The molecule has 0 aliphatic carbocycles. The Bertz CT molecular complexity index is 1310. The van der Waals surface area contributed by atoms with E-state index in [2.05, 4.69) is 26.5 Å². The molecule has 7 nitrogen and oxygen atoms in total. The van der Waals surface area contributed by atoms with Crippen LogP contribution in [0.15, 0.2) is 75.1 Å². The van der Waals surface area contributed by atoms with Crippen LogP contribution < -0.4 is 14.5 Å². The van der Waals surface area contributed by atoms with Crippen molar-refractivity contribution in [3.63, 3.8) is 0 Å². The van der Waals surface area contributed by atoms with Gasteiger partial charge in [-0.25, -0.2) is 13.8 Å². The molecule has 0 atom stereocenters. The van der Waals surface area contributed by atoms with Crippen LogP contribution in [0, 0.1) is 6.92 Å². The van der Waals surface area contributed by atoms with Crippen molar-refractivity contribution in [3.8, 4) is 5.75 Å². The lowest BCUT2D eigenvalue weighted by Gasteiger charge is -2.24. The van der Waals surface area contributed by atoms with Gasteiger partial charge in [-0.3, -0.25) is 9.10 Å². The number of hydrogen-bond donors (Lipinski definition) is 1. The second-order valence-corrected chi connectivity index (χ2v) is 10.8. The number of carbonyl (C=O) groups is 1. The topological polar surface area (TPSA) is 88.1 Å². The summed E-state index contributed by atoms with van der Waals surface area (Å²) in [5, 5.41) is 4.40. The molecule has 3 aromatic rings. The van der Waals surface area contributed by atoms with Crippen LogP contribution in [0.5, 0.6) is 5.75 Å². The van der Waals surface area contributed by atoms with E-state index in [1.807, 2.05) is 6.92 Å². The maximum atomic E-state index is 13.4. The number of nitrogens with zero attached hydrogens (tertiary/aromatic N) is 2. The molecule has 1 amide bonds. The normalized spacial score (nSPS) is 11.4. The average molecular weight is 585 g/mol. The maximum absolute atomic E-state index is 13.4. The van der Waals surface area contributed by atoms with Crippen LogP contribution in [0.3, 0.4) is 0 Å². The molecule has 0 aliphatic heterocycles. The first-order valence-electron chi connectivity index (χ1n) is 9.81. The number of ether oxygens (including phenoxy) is 1. The first-order valence-corrected chi connectivity index (χ1v) is 12.8. The Hall–Kier alpha value is -2.59. The number of nitrogens with one attached hydrogen (secondary N) is 1. The number of halogens is 3. The summed E-state index contributed by atoms with van der Waals surface area (Å²) in [5.74, 6) is -0.115. The molecule has 0 saturated carbocycles. The van der Waals surface area contributed by atoms with E-state index in [-0.39, 0.29) is 20.6 Å². The third-order valence-electron chi connectivity index (χ3n) is 4.62. The van der Waals surface area contributed by atoms with Gasteiger partial charge in [0.15, 0.2) is 0 Å². The predicted molar refractivity (Wildman–Crippen MR) is 139 cm³/mol. The van der Waals surface area contributed by atoms with Crippen LogP contribution in [0.25, 0.3) is 0 Å². The van der Waals surface area contributed by atoms with E-state index in [1.54, 1.807) is 30.3 Å². The Morgan fingerprint density at radius 2 is 1.74 bits per heavy atom. The Morgan fingerprint density at radius 1 is 1.09 bits per heavy atom. The smallest absolute Gasteiger partial charge is 0.264 e. The van der Waals surface area contributed by atoms with Crippen molar-refractivity contribution in [2.24, 2.45) is 5.10 Å². The summed E-state index contributed by atoms with van der Waals surface area (Å²) < 4.78 is 33.8.